The zero-order valence-corrected chi connectivity index (χ0v) is 20.6. The summed E-state index contributed by atoms with van der Waals surface area (Å²) in [5.74, 6) is -1.33. The quantitative estimate of drug-likeness (QED) is 0.350. The van der Waals surface area contributed by atoms with Gasteiger partial charge in [-0.2, -0.15) is 5.06 Å². The van der Waals surface area contributed by atoms with Gasteiger partial charge in [-0.3, -0.25) is 14.4 Å². The molecule has 190 valence electrons. The zero-order chi connectivity index (χ0) is 25.5. The molecule has 5 N–H and O–H groups in total. The van der Waals surface area contributed by atoms with E-state index < -0.39 is 30.1 Å². The molecular formula is C26H36N4O5. The third kappa shape index (κ3) is 6.87. The first-order valence-corrected chi connectivity index (χ1v) is 11.8. The maximum absolute atomic E-state index is 12.4. The van der Waals surface area contributed by atoms with Gasteiger partial charge in [0.05, 0.1) is 19.3 Å². The smallest absolute Gasteiger partial charge is 0.251 e. The fourth-order valence-corrected chi connectivity index (χ4v) is 4.44. The van der Waals surface area contributed by atoms with Crippen molar-refractivity contribution in [2.24, 2.45) is 11.7 Å². The van der Waals surface area contributed by atoms with Crippen molar-refractivity contribution in [1.82, 2.24) is 15.3 Å². The lowest BCUT2D eigenvalue weighted by atomic mass is 9.89. The molecule has 0 spiro atoms. The van der Waals surface area contributed by atoms with Crippen molar-refractivity contribution in [2.75, 3.05) is 33.8 Å². The van der Waals surface area contributed by atoms with Crippen molar-refractivity contribution in [3.63, 3.8) is 0 Å². The molecule has 1 saturated heterocycles. The number of nitrogens with two attached hydrogens (primary N) is 1. The Morgan fingerprint density at radius 2 is 1.89 bits per heavy atom. The van der Waals surface area contributed by atoms with Crippen molar-refractivity contribution in [2.45, 2.75) is 38.1 Å². The molecule has 9 heteroatoms. The van der Waals surface area contributed by atoms with E-state index in [0.717, 1.165) is 29.7 Å². The molecule has 1 heterocycles. The molecule has 3 rings (SSSR count). The Balaban J connectivity index is 1.69. The molecule has 0 saturated carbocycles. The topological polar surface area (TPSA) is 128 Å². The lowest BCUT2D eigenvalue weighted by Gasteiger charge is -2.24. The Hall–Kier alpha value is -2.82. The number of aliphatic hydroxyl groups is 2. The van der Waals surface area contributed by atoms with Crippen LogP contribution in [0.3, 0.4) is 0 Å². The molecule has 0 unspecified atom stereocenters. The Labute approximate surface area is 206 Å². The van der Waals surface area contributed by atoms with Gasteiger partial charge in [-0.15, -0.1) is 0 Å². The van der Waals surface area contributed by atoms with Crippen LogP contribution in [0.15, 0.2) is 48.5 Å². The number of rotatable bonds is 11. The van der Waals surface area contributed by atoms with Crippen LogP contribution >= 0.6 is 0 Å². The number of benzene rings is 2. The van der Waals surface area contributed by atoms with Gasteiger partial charge >= 0.3 is 0 Å². The van der Waals surface area contributed by atoms with Crippen LogP contribution in [0.5, 0.6) is 0 Å². The third-order valence-corrected chi connectivity index (χ3v) is 6.22. The summed E-state index contributed by atoms with van der Waals surface area (Å²) >= 11 is 0. The fourth-order valence-electron chi connectivity index (χ4n) is 4.44. The van der Waals surface area contributed by atoms with E-state index in [1.807, 2.05) is 50.5 Å². The minimum atomic E-state index is -0.871. The molecule has 0 bridgehead atoms. The number of carbonyl (C=O) groups is 2. The second kappa shape index (κ2) is 12.2. The molecule has 35 heavy (non-hydrogen) atoms. The highest BCUT2D eigenvalue weighted by atomic mass is 16.7. The Morgan fingerprint density at radius 1 is 1.17 bits per heavy atom. The summed E-state index contributed by atoms with van der Waals surface area (Å²) in [6.07, 6.45) is -0.695. The molecular weight excluding hydrogens is 448 g/mol. The number of hydrogen-bond donors (Lipinski definition) is 4. The number of hydroxylamine groups is 2. The molecule has 0 radical (unpaired) electrons. The minimum Gasteiger partial charge on any atom is -0.394 e. The van der Waals surface area contributed by atoms with Crippen LogP contribution in [0.2, 0.25) is 0 Å². The average molecular weight is 485 g/mol. The van der Waals surface area contributed by atoms with Gasteiger partial charge in [-0.25, -0.2) is 0 Å². The normalized spacial score (nSPS) is 21.3. The van der Waals surface area contributed by atoms with Crippen molar-refractivity contribution < 1.29 is 24.6 Å². The van der Waals surface area contributed by atoms with E-state index in [4.69, 9.17) is 10.6 Å². The van der Waals surface area contributed by atoms with Gasteiger partial charge in [-0.1, -0.05) is 30.3 Å². The van der Waals surface area contributed by atoms with Crippen LogP contribution in [0.4, 0.5) is 0 Å². The van der Waals surface area contributed by atoms with E-state index in [9.17, 15) is 19.8 Å². The van der Waals surface area contributed by atoms with E-state index in [-0.39, 0.29) is 19.1 Å². The van der Waals surface area contributed by atoms with Gasteiger partial charge in [-0.05, 0) is 68.9 Å². The van der Waals surface area contributed by atoms with Crippen molar-refractivity contribution in [1.29, 1.82) is 0 Å². The first kappa shape index (κ1) is 26.8. The highest BCUT2D eigenvalue weighted by Gasteiger charge is 2.48. The van der Waals surface area contributed by atoms with Gasteiger partial charge in [0.2, 0.25) is 5.91 Å². The summed E-state index contributed by atoms with van der Waals surface area (Å²) in [7, 11) is 4.00. The van der Waals surface area contributed by atoms with Gasteiger partial charge in [0.25, 0.3) is 5.91 Å². The number of nitrogens with zero attached hydrogens (tertiary/aromatic N) is 2. The van der Waals surface area contributed by atoms with Crippen LogP contribution in [-0.4, -0.2) is 84.0 Å². The fraction of sp³-hybridized carbons (Fsp3) is 0.462. The molecule has 2 amide bonds. The Morgan fingerprint density at radius 3 is 2.49 bits per heavy atom. The SMILES string of the molecule is C[C@H](O)[C@@H]1[C@H](CO)ON(Cc2cccc(-c3ccc(C(=O)NCCCN(C)C)cc3)c2)[C@@H]1C(N)=O. The highest BCUT2D eigenvalue weighted by Crippen LogP contribution is 2.32. The predicted molar refractivity (Wildman–Crippen MR) is 133 cm³/mol. The van der Waals surface area contributed by atoms with Gasteiger partial charge in [0.15, 0.2) is 0 Å². The van der Waals surface area contributed by atoms with Crippen LogP contribution in [0, 0.1) is 5.92 Å². The molecule has 0 aliphatic carbocycles. The molecule has 2 aromatic carbocycles. The molecule has 2 aromatic rings. The number of aliphatic hydroxyl groups excluding tert-OH is 2. The Bertz CT molecular complexity index is 995. The standard InChI is InChI=1S/C26H36N4O5/c1-17(32)23-22(16-31)35-30(24(23)25(27)33)15-18-6-4-7-21(14-18)19-8-10-20(11-9-19)26(34)28-12-5-13-29(2)3/h4,6-11,14,17,22-24,31-32H,5,12-13,15-16H2,1-3H3,(H2,27,33)(H,28,34)/t17-,22-,23+,24-/m0/s1. The first-order chi connectivity index (χ1) is 16.7. The number of nitrogens with one attached hydrogen (secondary N) is 1. The lowest BCUT2D eigenvalue weighted by molar-refractivity contribution is -0.180. The summed E-state index contributed by atoms with van der Waals surface area (Å²) in [5, 5.41) is 24.2. The van der Waals surface area contributed by atoms with Crippen LogP contribution in [-0.2, 0) is 16.2 Å². The minimum absolute atomic E-state index is 0.0983. The largest absolute Gasteiger partial charge is 0.394 e. The van der Waals surface area contributed by atoms with Crippen molar-refractivity contribution >= 4 is 11.8 Å². The first-order valence-electron chi connectivity index (χ1n) is 11.8. The summed E-state index contributed by atoms with van der Waals surface area (Å²) in [4.78, 5) is 32.4. The van der Waals surface area contributed by atoms with Crippen molar-refractivity contribution in [3.8, 4) is 11.1 Å². The predicted octanol–water partition coefficient (Wildman–Crippen LogP) is 0.994. The number of carbonyl (C=O) groups excluding carboxylic acids is 2. The molecule has 0 aromatic heterocycles. The van der Waals surface area contributed by atoms with E-state index >= 15 is 0 Å². The van der Waals surface area contributed by atoms with E-state index in [1.165, 1.54) is 5.06 Å². The van der Waals surface area contributed by atoms with Crippen LogP contribution in [0.25, 0.3) is 11.1 Å². The number of amides is 2. The van der Waals surface area contributed by atoms with Gasteiger partial charge in [0.1, 0.15) is 12.1 Å². The van der Waals surface area contributed by atoms with E-state index in [0.29, 0.717) is 12.1 Å². The Kier molecular flexibility index (Phi) is 9.36. The van der Waals surface area contributed by atoms with Crippen LogP contribution < -0.4 is 11.1 Å². The summed E-state index contributed by atoms with van der Waals surface area (Å²) < 4.78 is 0. The van der Waals surface area contributed by atoms with Crippen molar-refractivity contribution in [3.05, 3.63) is 59.7 Å². The summed E-state index contributed by atoms with van der Waals surface area (Å²) in [6.45, 7) is 3.03. The second-order valence-electron chi connectivity index (χ2n) is 9.26. The lowest BCUT2D eigenvalue weighted by Crippen LogP contribution is -2.47. The summed E-state index contributed by atoms with van der Waals surface area (Å²) in [5.41, 5.74) is 8.97. The molecule has 1 aliphatic heterocycles. The monoisotopic (exact) mass is 484 g/mol. The maximum atomic E-state index is 12.4. The molecule has 1 fully saturated rings. The number of hydrogen-bond acceptors (Lipinski definition) is 7. The highest BCUT2D eigenvalue weighted by molar-refractivity contribution is 5.94. The van der Waals surface area contributed by atoms with E-state index in [2.05, 4.69) is 10.2 Å². The molecule has 4 atom stereocenters. The number of primary amides is 1. The summed E-state index contributed by atoms with van der Waals surface area (Å²) in [6, 6.07) is 14.3. The van der Waals surface area contributed by atoms with E-state index in [1.54, 1.807) is 19.1 Å². The molecule has 9 nitrogen and oxygen atoms in total. The maximum Gasteiger partial charge on any atom is 0.251 e. The van der Waals surface area contributed by atoms with Gasteiger partial charge < -0.3 is 26.2 Å². The third-order valence-electron chi connectivity index (χ3n) is 6.22. The van der Waals surface area contributed by atoms with Crippen LogP contribution in [0.1, 0.15) is 29.3 Å². The second-order valence-corrected chi connectivity index (χ2v) is 9.26. The zero-order valence-electron chi connectivity index (χ0n) is 20.6. The molecule has 1 aliphatic rings. The average Bonchev–Trinajstić information content (AvgIpc) is 3.20. The van der Waals surface area contributed by atoms with Gasteiger partial charge in [0, 0.05) is 18.0 Å².